The summed E-state index contributed by atoms with van der Waals surface area (Å²) in [6, 6.07) is 6.58. The first-order chi connectivity index (χ1) is 13.4. The summed E-state index contributed by atoms with van der Waals surface area (Å²) in [5, 5.41) is 2.96. The molecule has 1 aromatic heterocycles. The molecular formula is C19H20N4O5. The van der Waals surface area contributed by atoms with Gasteiger partial charge in [0.05, 0.1) is 30.8 Å². The van der Waals surface area contributed by atoms with Crippen LogP contribution in [0.5, 0.6) is 0 Å². The highest BCUT2D eigenvalue weighted by Crippen LogP contribution is 2.43. The molecule has 9 nitrogen and oxygen atoms in total. The van der Waals surface area contributed by atoms with Gasteiger partial charge in [0, 0.05) is 11.3 Å². The maximum atomic E-state index is 12.7. The van der Waals surface area contributed by atoms with Crippen molar-refractivity contribution in [1.82, 2.24) is 9.97 Å². The molecule has 0 radical (unpaired) electrons. The van der Waals surface area contributed by atoms with E-state index >= 15 is 0 Å². The number of methoxy groups -OCH3 is 1. The van der Waals surface area contributed by atoms with Crippen LogP contribution in [0.3, 0.4) is 0 Å². The van der Waals surface area contributed by atoms with E-state index in [9.17, 15) is 14.4 Å². The van der Waals surface area contributed by atoms with Crippen LogP contribution >= 0.6 is 0 Å². The summed E-state index contributed by atoms with van der Waals surface area (Å²) in [5.74, 6) is -1.25. The lowest BCUT2D eigenvalue weighted by Crippen LogP contribution is -2.29. The van der Waals surface area contributed by atoms with Gasteiger partial charge in [0.25, 0.3) is 0 Å². The third-order valence-corrected chi connectivity index (χ3v) is 4.45. The van der Waals surface area contributed by atoms with E-state index < -0.39 is 23.5 Å². The number of fused-ring (bicyclic) bond motifs is 1. The minimum Gasteiger partial charge on any atom is -0.465 e. The summed E-state index contributed by atoms with van der Waals surface area (Å²) < 4.78 is 9.93. The number of aromatic amines is 1. The number of hydrogen-bond donors (Lipinski definition) is 3. The number of benzene rings is 1. The predicted octanol–water partition coefficient (Wildman–Crippen LogP) is 1.53. The smallest absolute Gasteiger partial charge is 0.348 e. The highest BCUT2D eigenvalue weighted by molar-refractivity contribution is 5.95. The summed E-state index contributed by atoms with van der Waals surface area (Å²) in [7, 11) is 1.30. The number of carbonyl (C=O) groups excluding carboxylic acids is 2. The molecule has 28 heavy (non-hydrogen) atoms. The summed E-state index contributed by atoms with van der Waals surface area (Å²) in [6.45, 7) is 3.62. The Bertz CT molecular complexity index is 1020. The predicted molar refractivity (Wildman–Crippen MR) is 102 cm³/mol. The third-order valence-electron chi connectivity index (χ3n) is 4.45. The van der Waals surface area contributed by atoms with Crippen molar-refractivity contribution >= 4 is 23.6 Å². The highest BCUT2D eigenvalue weighted by atomic mass is 16.5. The van der Waals surface area contributed by atoms with Gasteiger partial charge in [0.1, 0.15) is 11.6 Å². The molecule has 9 heteroatoms. The van der Waals surface area contributed by atoms with Crippen LogP contribution in [0.2, 0.25) is 0 Å². The van der Waals surface area contributed by atoms with E-state index in [1.54, 1.807) is 38.1 Å². The van der Waals surface area contributed by atoms with Gasteiger partial charge in [-0.1, -0.05) is 12.1 Å². The molecule has 2 aromatic rings. The number of ether oxygens (including phenoxy) is 2. The molecule has 0 aliphatic carbocycles. The van der Waals surface area contributed by atoms with Crippen molar-refractivity contribution in [3.63, 3.8) is 0 Å². The zero-order valence-electron chi connectivity index (χ0n) is 15.7. The number of nitrogens with zero attached hydrogens (tertiary/aromatic N) is 1. The van der Waals surface area contributed by atoms with Crippen LogP contribution in [0.15, 0.2) is 40.3 Å². The quantitative estimate of drug-likeness (QED) is 0.675. The molecular weight excluding hydrogens is 364 g/mol. The Hall–Kier alpha value is -3.62. The molecule has 0 amide bonds. The van der Waals surface area contributed by atoms with E-state index in [2.05, 4.69) is 15.3 Å². The first kappa shape index (κ1) is 19.2. The van der Waals surface area contributed by atoms with Gasteiger partial charge in [-0.3, -0.25) is 4.98 Å². The van der Waals surface area contributed by atoms with Gasteiger partial charge >= 0.3 is 17.6 Å². The lowest BCUT2D eigenvalue weighted by Gasteiger charge is -2.29. The van der Waals surface area contributed by atoms with Crippen molar-refractivity contribution in [3.05, 3.63) is 62.7 Å². The van der Waals surface area contributed by atoms with Crippen molar-refractivity contribution < 1.29 is 19.1 Å². The van der Waals surface area contributed by atoms with E-state index in [4.69, 9.17) is 15.2 Å². The zero-order chi connectivity index (χ0) is 20.4. The molecule has 3 rings (SSSR count). The van der Waals surface area contributed by atoms with E-state index in [1.165, 1.54) is 7.11 Å². The maximum Gasteiger partial charge on any atom is 0.348 e. The largest absolute Gasteiger partial charge is 0.465 e. The number of rotatable bonds is 4. The second-order valence-electron chi connectivity index (χ2n) is 6.15. The number of nitrogen functional groups attached to an aromatic ring is 1. The van der Waals surface area contributed by atoms with E-state index in [0.29, 0.717) is 28.0 Å². The van der Waals surface area contributed by atoms with Crippen LogP contribution in [0.1, 0.15) is 41.3 Å². The Labute approximate surface area is 160 Å². The van der Waals surface area contributed by atoms with E-state index in [-0.39, 0.29) is 18.2 Å². The fourth-order valence-corrected chi connectivity index (χ4v) is 3.24. The van der Waals surface area contributed by atoms with Gasteiger partial charge in [0.15, 0.2) is 0 Å². The molecule has 0 saturated carbocycles. The number of nitrogens with one attached hydrogen (secondary N) is 2. The SMILES string of the molecule is CCOC(=O)C1=C(C)Nc2nc(=O)[nH]c(N)c2C1c1ccc(C(=O)OC)cc1. The normalized spacial score (nSPS) is 15.5. The van der Waals surface area contributed by atoms with Crippen LogP contribution in [-0.4, -0.2) is 35.6 Å². The molecule has 4 N–H and O–H groups in total. The number of nitrogens with two attached hydrogens (primary N) is 1. The van der Waals surface area contributed by atoms with Gasteiger partial charge in [0.2, 0.25) is 0 Å². The first-order valence-electron chi connectivity index (χ1n) is 8.60. The fourth-order valence-electron chi connectivity index (χ4n) is 3.24. The second-order valence-corrected chi connectivity index (χ2v) is 6.15. The maximum absolute atomic E-state index is 12.7. The molecule has 1 aliphatic rings. The topological polar surface area (TPSA) is 136 Å². The van der Waals surface area contributed by atoms with Crippen molar-refractivity contribution in [2.75, 3.05) is 24.8 Å². The fraction of sp³-hybridized carbons (Fsp3) is 0.263. The molecule has 2 heterocycles. The van der Waals surface area contributed by atoms with Crippen LogP contribution in [-0.2, 0) is 14.3 Å². The second kappa shape index (κ2) is 7.55. The Morgan fingerprint density at radius 1 is 1.21 bits per heavy atom. The third kappa shape index (κ3) is 3.34. The van der Waals surface area contributed by atoms with E-state index in [1.807, 2.05) is 0 Å². The highest BCUT2D eigenvalue weighted by Gasteiger charge is 2.36. The Morgan fingerprint density at radius 3 is 2.50 bits per heavy atom. The first-order valence-corrected chi connectivity index (χ1v) is 8.60. The molecule has 146 valence electrons. The summed E-state index contributed by atoms with van der Waals surface area (Å²) in [6.07, 6.45) is 0. The lowest BCUT2D eigenvalue weighted by atomic mass is 9.81. The summed E-state index contributed by atoms with van der Waals surface area (Å²) in [5.41, 5.74) is 7.82. The average Bonchev–Trinajstić information content (AvgIpc) is 2.66. The van der Waals surface area contributed by atoms with Crippen molar-refractivity contribution in [2.45, 2.75) is 19.8 Å². The van der Waals surface area contributed by atoms with E-state index in [0.717, 1.165) is 0 Å². The number of esters is 2. The molecule has 1 aliphatic heterocycles. The standard InChI is InChI=1S/C19H20N4O5/c1-4-28-18(25)12-9(2)21-16-14(15(20)22-19(26)23-16)13(12)10-5-7-11(8-6-10)17(24)27-3/h5-8,13H,4H2,1-3H3,(H4,20,21,22,23,26). The van der Waals surface area contributed by atoms with Gasteiger partial charge < -0.3 is 20.5 Å². The Kier molecular flexibility index (Phi) is 5.16. The molecule has 1 aromatic carbocycles. The molecule has 0 fully saturated rings. The number of aromatic nitrogens is 2. The number of carbonyl (C=O) groups is 2. The number of H-pyrrole nitrogens is 1. The summed E-state index contributed by atoms with van der Waals surface area (Å²) >= 11 is 0. The number of allylic oxidation sites excluding steroid dienone is 1. The van der Waals surface area contributed by atoms with Crippen molar-refractivity contribution in [2.24, 2.45) is 0 Å². The lowest BCUT2D eigenvalue weighted by molar-refractivity contribution is -0.138. The van der Waals surface area contributed by atoms with Gasteiger partial charge in [-0.15, -0.1) is 0 Å². The minimum atomic E-state index is -0.633. The van der Waals surface area contributed by atoms with Crippen molar-refractivity contribution in [3.8, 4) is 0 Å². The molecule has 1 unspecified atom stereocenters. The van der Waals surface area contributed by atoms with Crippen LogP contribution in [0, 0.1) is 0 Å². The number of anilines is 2. The van der Waals surface area contributed by atoms with Crippen LogP contribution in [0.25, 0.3) is 0 Å². The molecule has 0 bridgehead atoms. The Morgan fingerprint density at radius 2 is 1.89 bits per heavy atom. The molecule has 1 atom stereocenters. The van der Waals surface area contributed by atoms with Crippen LogP contribution < -0.4 is 16.7 Å². The summed E-state index contributed by atoms with van der Waals surface area (Å²) in [4.78, 5) is 42.5. The number of hydrogen-bond acceptors (Lipinski definition) is 8. The monoisotopic (exact) mass is 384 g/mol. The zero-order valence-corrected chi connectivity index (χ0v) is 15.7. The van der Waals surface area contributed by atoms with Gasteiger partial charge in [-0.2, -0.15) is 4.98 Å². The molecule has 0 saturated heterocycles. The van der Waals surface area contributed by atoms with Crippen molar-refractivity contribution in [1.29, 1.82) is 0 Å². The van der Waals surface area contributed by atoms with Crippen LogP contribution in [0.4, 0.5) is 11.6 Å². The Balaban J connectivity index is 2.20. The minimum absolute atomic E-state index is 0.0962. The average molecular weight is 384 g/mol. The molecule has 0 spiro atoms. The van der Waals surface area contributed by atoms with Gasteiger partial charge in [-0.25, -0.2) is 14.4 Å². The van der Waals surface area contributed by atoms with Gasteiger partial charge in [-0.05, 0) is 31.5 Å².